The Kier molecular flexibility index (Phi) is 2.27. The summed E-state index contributed by atoms with van der Waals surface area (Å²) < 4.78 is 4.78. The largest absolute Gasteiger partial charge is 0.465 e. The number of esters is 1. The molecule has 0 aromatic carbocycles. The third kappa shape index (κ3) is 1.82. The first-order chi connectivity index (χ1) is 4.33. The molecule has 1 aliphatic rings. The van der Waals surface area contributed by atoms with Gasteiger partial charge in [0.25, 0.3) is 10.2 Å². The first-order valence-electron chi connectivity index (χ1n) is 3.28. The molecule has 2 nitrogen and oxygen atoms in total. The molecule has 50 valence electrons. The average molecular weight is 143 g/mol. The zero-order valence-electron chi connectivity index (χ0n) is 5.43. The molecule has 1 fully saturated rings. The Labute approximate surface area is 58.0 Å². The smallest absolute Gasteiger partial charge is 0.306 e. The van der Waals surface area contributed by atoms with Crippen LogP contribution in [0.1, 0.15) is 12.8 Å². The van der Waals surface area contributed by atoms with Gasteiger partial charge in [0, 0.05) is 5.92 Å². The standard InChI is InChI=1S/C6H11O2Si/c7-6-3-5(1-2-9)4-8-6/h5H,1-4,9H2/q+1. The Morgan fingerprint density at radius 2 is 2.56 bits per heavy atom. The number of hydrogen-bond acceptors (Lipinski definition) is 2. The molecule has 3 heteroatoms. The zero-order valence-corrected chi connectivity index (χ0v) is 6.84. The van der Waals surface area contributed by atoms with E-state index in [1.807, 2.05) is 10.2 Å². The minimum atomic E-state index is -0.0169. The highest BCUT2D eigenvalue weighted by molar-refractivity contribution is 6.08. The van der Waals surface area contributed by atoms with Crippen molar-refractivity contribution in [2.75, 3.05) is 6.61 Å². The molecule has 1 atom stereocenters. The molecule has 1 saturated heterocycles. The second kappa shape index (κ2) is 3.01. The lowest BCUT2D eigenvalue weighted by atomic mass is 10.1. The van der Waals surface area contributed by atoms with Crippen LogP contribution in [-0.4, -0.2) is 22.8 Å². The van der Waals surface area contributed by atoms with Crippen LogP contribution in [0.5, 0.6) is 0 Å². The summed E-state index contributed by atoms with van der Waals surface area (Å²) in [6, 6.07) is 1.18. The Hall–Kier alpha value is -0.313. The SMILES string of the molecule is O=C1CC(CC[SiH2+])CO1. The van der Waals surface area contributed by atoms with E-state index in [1.54, 1.807) is 0 Å². The summed E-state index contributed by atoms with van der Waals surface area (Å²) in [6.07, 6.45) is 1.79. The first kappa shape index (κ1) is 6.80. The molecule has 1 unspecified atom stereocenters. The van der Waals surface area contributed by atoms with Crippen molar-refractivity contribution in [3.05, 3.63) is 0 Å². The summed E-state index contributed by atoms with van der Waals surface area (Å²) in [4.78, 5) is 10.5. The second-order valence-electron chi connectivity index (χ2n) is 2.40. The van der Waals surface area contributed by atoms with Gasteiger partial charge in [-0.1, -0.05) is 0 Å². The van der Waals surface area contributed by atoms with E-state index in [0.717, 1.165) is 6.42 Å². The van der Waals surface area contributed by atoms with Gasteiger partial charge in [0.05, 0.1) is 19.1 Å². The van der Waals surface area contributed by atoms with Crippen LogP contribution in [0.15, 0.2) is 0 Å². The second-order valence-corrected chi connectivity index (χ2v) is 3.10. The fourth-order valence-corrected chi connectivity index (χ4v) is 1.62. The topological polar surface area (TPSA) is 26.3 Å². The van der Waals surface area contributed by atoms with Gasteiger partial charge in [0.15, 0.2) is 0 Å². The maximum atomic E-state index is 10.5. The highest BCUT2D eigenvalue weighted by Gasteiger charge is 2.22. The molecule has 0 bridgehead atoms. The monoisotopic (exact) mass is 143 g/mol. The highest BCUT2D eigenvalue weighted by atomic mass is 28.1. The summed E-state index contributed by atoms with van der Waals surface area (Å²) in [5.74, 6) is 0.506. The van der Waals surface area contributed by atoms with Gasteiger partial charge in [-0.25, -0.2) is 0 Å². The van der Waals surface area contributed by atoms with Crippen LogP contribution in [0.3, 0.4) is 0 Å². The Morgan fingerprint density at radius 3 is 3.00 bits per heavy atom. The van der Waals surface area contributed by atoms with E-state index in [0.29, 0.717) is 18.9 Å². The lowest BCUT2D eigenvalue weighted by Crippen LogP contribution is -1.97. The molecule has 0 saturated carbocycles. The van der Waals surface area contributed by atoms with Crippen LogP contribution in [0.4, 0.5) is 0 Å². The van der Waals surface area contributed by atoms with E-state index in [2.05, 4.69) is 0 Å². The summed E-state index contributed by atoms with van der Waals surface area (Å²) in [5, 5.41) is 0. The van der Waals surface area contributed by atoms with Gasteiger partial charge in [0.1, 0.15) is 0 Å². The van der Waals surface area contributed by atoms with Crippen molar-refractivity contribution in [3.63, 3.8) is 0 Å². The van der Waals surface area contributed by atoms with E-state index in [4.69, 9.17) is 4.74 Å². The zero-order chi connectivity index (χ0) is 6.69. The number of hydrogen-bond donors (Lipinski definition) is 0. The molecule has 0 N–H and O–H groups in total. The van der Waals surface area contributed by atoms with Crippen molar-refractivity contribution in [3.8, 4) is 0 Å². The maximum absolute atomic E-state index is 10.5. The van der Waals surface area contributed by atoms with Crippen LogP contribution in [0.25, 0.3) is 0 Å². The van der Waals surface area contributed by atoms with Gasteiger partial charge in [-0.15, -0.1) is 0 Å². The van der Waals surface area contributed by atoms with Gasteiger partial charge in [-0.05, 0) is 6.42 Å². The molecular formula is C6H11O2Si+. The van der Waals surface area contributed by atoms with Crippen LogP contribution >= 0.6 is 0 Å². The normalized spacial score (nSPS) is 26.2. The minimum Gasteiger partial charge on any atom is -0.465 e. The predicted octanol–water partition coefficient (Wildman–Crippen LogP) is -0.00900. The number of cyclic esters (lactones) is 1. The summed E-state index contributed by atoms with van der Waals surface area (Å²) in [7, 11) is 1.95. The molecule has 0 amide bonds. The van der Waals surface area contributed by atoms with Gasteiger partial charge < -0.3 is 4.74 Å². The number of rotatable bonds is 2. The molecule has 0 radical (unpaired) electrons. The third-order valence-corrected chi connectivity index (χ3v) is 1.96. The first-order valence-corrected chi connectivity index (χ1v) is 4.28. The Bertz CT molecular complexity index is 114. The van der Waals surface area contributed by atoms with Gasteiger partial charge in [-0.3, -0.25) is 4.79 Å². The molecular weight excluding hydrogens is 132 g/mol. The van der Waals surface area contributed by atoms with E-state index < -0.39 is 0 Å². The fourth-order valence-electron chi connectivity index (χ4n) is 1.04. The van der Waals surface area contributed by atoms with E-state index in [-0.39, 0.29) is 5.97 Å². The van der Waals surface area contributed by atoms with Crippen molar-refractivity contribution in [2.45, 2.75) is 18.9 Å². The molecule has 1 heterocycles. The summed E-state index contributed by atoms with van der Waals surface area (Å²) in [6.45, 7) is 0.664. The van der Waals surface area contributed by atoms with Crippen LogP contribution in [0, 0.1) is 5.92 Å². The molecule has 9 heavy (non-hydrogen) atoms. The van der Waals surface area contributed by atoms with Gasteiger partial charge >= 0.3 is 5.97 Å². The maximum Gasteiger partial charge on any atom is 0.306 e. The molecule has 0 aromatic rings. The lowest BCUT2D eigenvalue weighted by molar-refractivity contribution is -0.137. The van der Waals surface area contributed by atoms with E-state index in [1.165, 1.54) is 6.04 Å². The minimum absolute atomic E-state index is 0.0169. The number of carbonyl (C=O) groups excluding carboxylic acids is 1. The van der Waals surface area contributed by atoms with Crippen LogP contribution < -0.4 is 0 Å². The summed E-state index contributed by atoms with van der Waals surface area (Å²) >= 11 is 0. The number of ether oxygens (including phenoxy) is 1. The number of carbonyl (C=O) groups is 1. The van der Waals surface area contributed by atoms with Crippen molar-refractivity contribution < 1.29 is 9.53 Å². The Balaban J connectivity index is 2.22. The van der Waals surface area contributed by atoms with E-state index in [9.17, 15) is 4.79 Å². The van der Waals surface area contributed by atoms with Crippen LogP contribution in [0.2, 0.25) is 6.04 Å². The average Bonchev–Trinajstić information content (AvgIpc) is 2.17. The van der Waals surface area contributed by atoms with Crippen molar-refractivity contribution in [1.82, 2.24) is 0 Å². The van der Waals surface area contributed by atoms with Gasteiger partial charge in [-0.2, -0.15) is 0 Å². The highest BCUT2D eigenvalue weighted by Crippen LogP contribution is 2.18. The Morgan fingerprint density at radius 1 is 1.78 bits per heavy atom. The van der Waals surface area contributed by atoms with Gasteiger partial charge in [0.2, 0.25) is 0 Å². The van der Waals surface area contributed by atoms with Crippen molar-refractivity contribution in [1.29, 1.82) is 0 Å². The molecule has 0 spiro atoms. The summed E-state index contributed by atoms with van der Waals surface area (Å²) in [5.41, 5.74) is 0. The molecule has 0 aromatic heterocycles. The molecule has 1 rings (SSSR count). The molecule has 0 aliphatic carbocycles. The van der Waals surface area contributed by atoms with Crippen molar-refractivity contribution in [2.24, 2.45) is 5.92 Å². The predicted molar refractivity (Wildman–Crippen MR) is 37.0 cm³/mol. The quantitative estimate of drug-likeness (QED) is 0.401. The van der Waals surface area contributed by atoms with Crippen LogP contribution in [-0.2, 0) is 9.53 Å². The fraction of sp³-hybridized carbons (Fsp3) is 0.833. The third-order valence-electron chi connectivity index (χ3n) is 1.55. The van der Waals surface area contributed by atoms with E-state index >= 15 is 0 Å². The van der Waals surface area contributed by atoms with Crippen molar-refractivity contribution >= 4 is 16.2 Å². The lowest BCUT2D eigenvalue weighted by Gasteiger charge is -1.97. The molecule has 1 aliphatic heterocycles.